The Hall–Kier alpha value is -2.80. The fourth-order valence-corrected chi connectivity index (χ4v) is 3.53. The van der Waals surface area contributed by atoms with Crippen LogP contribution in [0.2, 0.25) is 0 Å². The van der Waals surface area contributed by atoms with Gasteiger partial charge in [0.1, 0.15) is 12.4 Å². The molecule has 1 N–H and O–H groups in total. The Morgan fingerprint density at radius 3 is 2.44 bits per heavy atom. The Morgan fingerprint density at radius 1 is 1.07 bits per heavy atom. The average Bonchev–Trinajstić information content (AvgIpc) is 3.09. The second-order valence-corrected chi connectivity index (χ2v) is 6.98. The molecule has 3 rings (SSSR count). The molecule has 0 spiro atoms. The van der Waals surface area contributed by atoms with Crippen molar-refractivity contribution < 1.29 is 9.53 Å². The minimum absolute atomic E-state index is 0.0593. The lowest BCUT2D eigenvalue weighted by Crippen LogP contribution is -2.20. The highest BCUT2D eigenvalue weighted by Gasteiger charge is 2.16. The van der Waals surface area contributed by atoms with E-state index in [4.69, 9.17) is 4.74 Å². The normalized spacial score (nSPS) is 10.6. The molecule has 0 saturated heterocycles. The number of ether oxygens (including phenoxy) is 1. The number of rotatable bonds is 7. The van der Waals surface area contributed by atoms with Crippen LogP contribution >= 0.6 is 11.8 Å². The van der Waals surface area contributed by atoms with Crippen LogP contribution in [0.1, 0.15) is 17.0 Å². The third-order valence-corrected chi connectivity index (χ3v) is 5.01. The van der Waals surface area contributed by atoms with E-state index in [-0.39, 0.29) is 18.3 Å². The van der Waals surface area contributed by atoms with Crippen molar-refractivity contribution in [1.82, 2.24) is 20.1 Å². The van der Waals surface area contributed by atoms with Crippen LogP contribution in [0.5, 0.6) is 5.75 Å². The van der Waals surface area contributed by atoms with Gasteiger partial charge in [-0.1, -0.05) is 48.2 Å². The summed E-state index contributed by atoms with van der Waals surface area (Å²) in [5.74, 6) is 1.76. The highest BCUT2D eigenvalue weighted by atomic mass is 32.2. The van der Waals surface area contributed by atoms with Crippen molar-refractivity contribution in [3.8, 4) is 11.4 Å². The molecule has 6 nitrogen and oxygen atoms in total. The minimum atomic E-state index is -0.0593. The number of aryl methyl sites for hydroxylation is 2. The van der Waals surface area contributed by atoms with Gasteiger partial charge in [0.25, 0.3) is 0 Å². The van der Waals surface area contributed by atoms with Gasteiger partial charge in [0.05, 0.1) is 5.75 Å². The van der Waals surface area contributed by atoms with Crippen molar-refractivity contribution in [2.75, 3.05) is 12.8 Å². The van der Waals surface area contributed by atoms with Crippen molar-refractivity contribution in [2.45, 2.75) is 25.6 Å². The molecule has 1 amide bonds. The number of carbonyl (C=O) groups is 1. The fraction of sp³-hybridized carbons (Fsp3) is 0.250. The Bertz CT molecular complexity index is 905. The van der Waals surface area contributed by atoms with Crippen LogP contribution in [0.25, 0.3) is 5.69 Å². The van der Waals surface area contributed by atoms with Crippen LogP contribution in [0.3, 0.4) is 0 Å². The second kappa shape index (κ2) is 8.73. The first-order valence-electron chi connectivity index (χ1n) is 8.62. The van der Waals surface area contributed by atoms with E-state index >= 15 is 0 Å². The molecule has 27 heavy (non-hydrogen) atoms. The third-order valence-electron chi connectivity index (χ3n) is 4.08. The van der Waals surface area contributed by atoms with Gasteiger partial charge in [-0.05, 0) is 37.1 Å². The lowest BCUT2D eigenvalue weighted by molar-refractivity contribution is -0.118. The number of thioether (sulfide) groups is 1. The molecule has 140 valence electrons. The number of benzene rings is 2. The van der Waals surface area contributed by atoms with E-state index in [9.17, 15) is 4.79 Å². The Kier molecular flexibility index (Phi) is 6.13. The van der Waals surface area contributed by atoms with Gasteiger partial charge in [0.15, 0.2) is 11.0 Å². The highest BCUT2D eigenvalue weighted by molar-refractivity contribution is 7.99. The first-order valence-corrected chi connectivity index (χ1v) is 9.61. The van der Waals surface area contributed by atoms with Gasteiger partial charge in [-0.2, -0.15) is 0 Å². The van der Waals surface area contributed by atoms with Gasteiger partial charge in [-0.25, -0.2) is 0 Å². The zero-order valence-corrected chi connectivity index (χ0v) is 16.4. The van der Waals surface area contributed by atoms with Crippen LogP contribution in [0.4, 0.5) is 0 Å². The van der Waals surface area contributed by atoms with Crippen LogP contribution in [-0.4, -0.2) is 33.5 Å². The maximum absolute atomic E-state index is 11.6. The van der Waals surface area contributed by atoms with Crippen molar-refractivity contribution in [1.29, 1.82) is 0 Å². The van der Waals surface area contributed by atoms with Crippen molar-refractivity contribution >= 4 is 17.7 Å². The third kappa shape index (κ3) is 4.49. The van der Waals surface area contributed by atoms with Crippen LogP contribution in [0, 0.1) is 13.8 Å². The van der Waals surface area contributed by atoms with E-state index in [1.807, 2.05) is 66.9 Å². The number of amides is 1. The Morgan fingerprint density at radius 2 is 1.78 bits per heavy atom. The minimum Gasteiger partial charge on any atom is -0.485 e. The maximum Gasteiger partial charge on any atom is 0.230 e. The predicted molar refractivity (Wildman–Crippen MR) is 106 cm³/mol. The zero-order valence-electron chi connectivity index (χ0n) is 15.6. The number of nitrogens with zero attached hydrogens (tertiary/aromatic N) is 3. The molecule has 0 bridgehead atoms. The maximum atomic E-state index is 11.6. The summed E-state index contributed by atoms with van der Waals surface area (Å²) in [5, 5.41) is 11.9. The van der Waals surface area contributed by atoms with Gasteiger partial charge in [-0.15, -0.1) is 10.2 Å². The quantitative estimate of drug-likeness (QED) is 0.635. The predicted octanol–water partition coefficient (Wildman–Crippen LogP) is 3.30. The molecule has 2 aromatic carbocycles. The molecule has 0 aliphatic carbocycles. The van der Waals surface area contributed by atoms with Crippen molar-refractivity contribution in [3.63, 3.8) is 0 Å². The molecule has 0 atom stereocenters. The molecule has 7 heteroatoms. The molecule has 0 aliphatic rings. The lowest BCUT2D eigenvalue weighted by atomic mass is 10.1. The van der Waals surface area contributed by atoms with Gasteiger partial charge in [0, 0.05) is 12.7 Å². The summed E-state index contributed by atoms with van der Waals surface area (Å²) in [6, 6.07) is 15.9. The monoisotopic (exact) mass is 382 g/mol. The van der Waals surface area contributed by atoms with Gasteiger partial charge >= 0.3 is 0 Å². The number of nitrogens with one attached hydrogen (secondary N) is 1. The van der Waals surface area contributed by atoms with E-state index in [0.717, 1.165) is 22.6 Å². The van der Waals surface area contributed by atoms with E-state index in [2.05, 4.69) is 15.5 Å². The van der Waals surface area contributed by atoms with E-state index in [1.165, 1.54) is 11.8 Å². The van der Waals surface area contributed by atoms with Crippen molar-refractivity contribution in [3.05, 3.63) is 65.5 Å². The number of carbonyl (C=O) groups excluding carboxylic acids is 1. The SMILES string of the molecule is CNC(=O)CSc1nnc(COc2c(C)cccc2C)n1-c1ccccc1. The largest absolute Gasteiger partial charge is 0.485 e. The number of hydrogen-bond acceptors (Lipinski definition) is 5. The summed E-state index contributed by atoms with van der Waals surface area (Å²) >= 11 is 1.35. The standard InChI is InChI=1S/C20H22N4O2S/c1-14-8-7-9-15(2)19(14)26-12-17-22-23-20(27-13-18(25)21-3)24(17)16-10-5-4-6-11-16/h4-11H,12-13H2,1-3H3,(H,21,25). The molecule has 3 aromatic rings. The van der Waals surface area contributed by atoms with E-state index in [1.54, 1.807) is 7.05 Å². The molecular weight excluding hydrogens is 360 g/mol. The second-order valence-electron chi connectivity index (χ2n) is 6.04. The molecule has 1 heterocycles. The topological polar surface area (TPSA) is 69.0 Å². The molecule has 0 radical (unpaired) electrons. The van der Waals surface area contributed by atoms with E-state index < -0.39 is 0 Å². The molecule has 0 fully saturated rings. The van der Waals surface area contributed by atoms with Gasteiger partial charge in [0.2, 0.25) is 5.91 Å². The summed E-state index contributed by atoms with van der Waals surface area (Å²) < 4.78 is 8.00. The average molecular weight is 382 g/mol. The highest BCUT2D eigenvalue weighted by Crippen LogP contribution is 2.26. The molecule has 1 aromatic heterocycles. The first kappa shape index (κ1) is 19.0. The van der Waals surface area contributed by atoms with Crippen molar-refractivity contribution in [2.24, 2.45) is 0 Å². The van der Waals surface area contributed by atoms with Gasteiger partial charge < -0.3 is 10.1 Å². The lowest BCUT2D eigenvalue weighted by Gasteiger charge is -2.13. The number of para-hydroxylation sites is 2. The summed E-state index contributed by atoms with van der Waals surface area (Å²) in [6.45, 7) is 4.33. The Balaban J connectivity index is 1.88. The summed E-state index contributed by atoms with van der Waals surface area (Å²) in [5.41, 5.74) is 3.09. The van der Waals surface area contributed by atoms with Crippen LogP contribution < -0.4 is 10.1 Å². The Labute approximate surface area is 163 Å². The smallest absolute Gasteiger partial charge is 0.230 e. The molecule has 0 aliphatic heterocycles. The summed E-state index contributed by atoms with van der Waals surface area (Å²) in [7, 11) is 1.62. The summed E-state index contributed by atoms with van der Waals surface area (Å²) in [6.07, 6.45) is 0. The van der Waals surface area contributed by atoms with Crippen LogP contribution in [-0.2, 0) is 11.4 Å². The zero-order chi connectivity index (χ0) is 19.2. The summed E-state index contributed by atoms with van der Waals surface area (Å²) in [4.78, 5) is 11.6. The first-order chi connectivity index (χ1) is 13.1. The van der Waals surface area contributed by atoms with Gasteiger partial charge in [-0.3, -0.25) is 9.36 Å². The fourth-order valence-electron chi connectivity index (χ4n) is 2.69. The van der Waals surface area contributed by atoms with Crippen LogP contribution in [0.15, 0.2) is 53.7 Å². The van der Waals surface area contributed by atoms with E-state index in [0.29, 0.717) is 11.0 Å². The number of aromatic nitrogens is 3. The number of hydrogen-bond donors (Lipinski definition) is 1. The molecule has 0 unspecified atom stereocenters. The molecular formula is C20H22N4O2S. The molecule has 0 saturated carbocycles.